The zero-order chi connectivity index (χ0) is 32.1. The van der Waals surface area contributed by atoms with E-state index in [2.05, 4.69) is 14.9 Å². The van der Waals surface area contributed by atoms with Crippen molar-refractivity contribution >= 4 is 35.1 Å². The number of aromatic nitrogens is 3. The molecule has 45 heavy (non-hydrogen) atoms. The number of carbonyl (C=O) groups is 1. The molecule has 2 aromatic heterocycles. The lowest BCUT2D eigenvalue weighted by Gasteiger charge is -2.38. The molecule has 0 aliphatic carbocycles. The monoisotopic (exact) mass is 666 g/mol. The fraction of sp³-hybridized carbons (Fsp3) is 0.484. The summed E-state index contributed by atoms with van der Waals surface area (Å²) in [4.78, 5) is 30.9. The highest BCUT2D eigenvalue weighted by atomic mass is 35.5. The number of piperidine rings is 1. The molecule has 9 nitrogen and oxygen atoms in total. The normalized spacial score (nSPS) is 17.7. The van der Waals surface area contributed by atoms with Crippen LogP contribution in [0.2, 0.25) is 10.0 Å². The number of alkyl halides is 3. The second-order valence-corrected chi connectivity index (χ2v) is 12.3. The van der Waals surface area contributed by atoms with E-state index >= 15 is 0 Å². The van der Waals surface area contributed by atoms with Gasteiger partial charge in [-0.1, -0.05) is 23.2 Å². The van der Waals surface area contributed by atoms with Crippen LogP contribution in [0, 0.1) is 5.92 Å². The minimum atomic E-state index is -4.26. The Morgan fingerprint density at radius 1 is 0.978 bits per heavy atom. The lowest BCUT2D eigenvalue weighted by atomic mass is 9.93. The molecule has 3 aromatic rings. The van der Waals surface area contributed by atoms with E-state index in [1.165, 1.54) is 31.3 Å². The molecule has 2 aliphatic rings. The van der Waals surface area contributed by atoms with Gasteiger partial charge >= 0.3 is 12.1 Å². The third kappa shape index (κ3) is 8.96. The van der Waals surface area contributed by atoms with E-state index in [9.17, 15) is 18.0 Å². The van der Waals surface area contributed by atoms with Gasteiger partial charge in [0.15, 0.2) is 5.75 Å². The van der Waals surface area contributed by atoms with Crippen molar-refractivity contribution in [3.8, 4) is 22.9 Å². The van der Waals surface area contributed by atoms with Crippen molar-refractivity contribution in [2.45, 2.75) is 44.9 Å². The second kappa shape index (κ2) is 14.5. The molecule has 242 valence electrons. The van der Waals surface area contributed by atoms with Crippen molar-refractivity contribution < 1.29 is 27.4 Å². The van der Waals surface area contributed by atoms with E-state index in [0.29, 0.717) is 65.3 Å². The van der Waals surface area contributed by atoms with E-state index in [1.54, 1.807) is 18.2 Å². The smallest absolute Gasteiger partial charge is 0.403 e. The van der Waals surface area contributed by atoms with E-state index in [1.807, 2.05) is 17.0 Å². The number of hydrogen-bond donors (Lipinski definition) is 0. The number of halogens is 5. The zero-order valence-corrected chi connectivity index (χ0v) is 26.6. The molecule has 2 fully saturated rings. The Balaban J connectivity index is 1.28. The molecule has 0 saturated carbocycles. The molecule has 0 radical (unpaired) electrons. The van der Waals surface area contributed by atoms with Crippen LogP contribution in [0.25, 0.3) is 11.3 Å². The third-order valence-corrected chi connectivity index (χ3v) is 8.71. The summed E-state index contributed by atoms with van der Waals surface area (Å²) in [5, 5.41) is 0.968. The summed E-state index contributed by atoms with van der Waals surface area (Å²) in [7, 11) is 1.42. The lowest BCUT2D eigenvalue weighted by molar-refractivity contribution is -0.179. The van der Waals surface area contributed by atoms with Gasteiger partial charge < -0.3 is 14.4 Å². The number of hydrogen-bond acceptors (Lipinski definition) is 9. The highest BCUT2D eigenvalue weighted by Gasteiger charge is 2.41. The van der Waals surface area contributed by atoms with Crippen LogP contribution in [0.5, 0.6) is 11.6 Å². The maximum absolute atomic E-state index is 13.1. The van der Waals surface area contributed by atoms with E-state index in [4.69, 9.17) is 37.7 Å². The molecule has 1 aromatic carbocycles. The molecule has 0 bridgehead atoms. The summed E-state index contributed by atoms with van der Waals surface area (Å²) >= 11 is 12.6. The Hall–Kier alpha value is -3.19. The van der Waals surface area contributed by atoms with Gasteiger partial charge in [-0.2, -0.15) is 13.2 Å². The fourth-order valence-corrected chi connectivity index (χ4v) is 6.17. The molecule has 2 aliphatic heterocycles. The first-order valence-electron chi connectivity index (χ1n) is 14.8. The number of likely N-dealkylation sites (tertiary alicyclic amines) is 1. The van der Waals surface area contributed by atoms with Gasteiger partial charge in [0.05, 0.1) is 25.2 Å². The van der Waals surface area contributed by atoms with Gasteiger partial charge in [0, 0.05) is 60.8 Å². The Morgan fingerprint density at radius 3 is 2.22 bits per heavy atom. The highest BCUT2D eigenvalue weighted by molar-refractivity contribution is 6.35. The Morgan fingerprint density at radius 2 is 1.62 bits per heavy atom. The van der Waals surface area contributed by atoms with Gasteiger partial charge in [-0.05, 0) is 68.6 Å². The number of esters is 1. The second-order valence-electron chi connectivity index (χ2n) is 11.4. The molecular formula is C31H35Cl2F3N6O3. The SMILES string of the molecule is COC(=O)CC1CCN(Cc2cc(Oc3cnc(N4CCN(C(C)C(F)(F)F)CC4)nc3)nc(-c3cc(Cl)cc(Cl)c3)c2)CC1. The number of anilines is 1. The van der Waals surface area contributed by atoms with Gasteiger partial charge in [-0.3, -0.25) is 14.6 Å². The van der Waals surface area contributed by atoms with Crippen LogP contribution < -0.4 is 9.64 Å². The van der Waals surface area contributed by atoms with E-state index in [0.717, 1.165) is 37.1 Å². The molecule has 14 heteroatoms. The Kier molecular flexibility index (Phi) is 10.7. The van der Waals surface area contributed by atoms with Gasteiger partial charge in [-0.15, -0.1) is 0 Å². The van der Waals surface area contributed by atoms with Gasteiger partial charge in [-0.25, -0.2) is 15.0 Å². The van der Waals surface area contributed by atoms with Crippen molar-refractivity contribution in [1.29, 1.82) is 0 Å². The predicted octanol–water partition coefficient (Wildman–Crippen LogP) is 6.49. The number of piperazine rings is 1. The predicted molar refractivity (Wildman–Crippen MR) is 166 cm³/mol. The number of benzene rings is 1. The summed E-state index contributed by atoms with van der Waals surface area (Å²) in [5.74, 6) is 1.26. The molecular weight excluding hydrogens is 632 g/mol. The topological polar surface area (TPSA) is 83.9 Å². The molecule has 0 spiro atoms. The highest BCUT2D eigenvalue weighted by Crippen LogP contribution is 2.31. The number of ether oxygens (including phenoxy) is 2. The summed E-state index contributed by atoms with van der Waals surface area (Å²) in [6, 6.07) is 7.58. The largest absolute Gasteiger partial charge is 0.469 e. The zero-order valence-electron chi connectivity index (χ0n) is 25.1. The third-order valence-electron chi connectivity index (χ3n) is 8.27. The van der Waals surface area contributed by atoms with Crippen LogP contribution in [0.1, 0.15) is 31.7 Å². The quantitative estimate of drug-likeness (QED) is 0.238. The summed E-state index contributed by atoms with van der Waals surface area (Å²) in [6.45, 7) is 4.82. The van der Waals surface area contributed by atoms with Crippen LogP contribution >= 0.6 is 23.2 Å². The fourth-order valence-electron chi connectivity index (χ4n) is 5.64. The minimum Gasteiger partial charge on any atom is -0.469 e. The molecule has 1 unspecified atom stereocenters. The summed E-state index contributed by atoms with van der Waals surface area (Å²) < 4.78 is 50.3. The summed E-state index contributed by atoms with van der Waals surface area (Å²) in [5.41, 5.74) is 2.35. The Bertz CT molecular complexity index is 1440. The summed E-state index contributed by atoms with van der Waals surface area (Å²) in [6.07, 6.45) is 1.05. The first kappa shape index (κ1) is 33.2. The van der Waals surface area contributed by atoms with Crippen LogP contribution in [-0.4, -0.2) is 89.3 Å². The molecule has 0 amide bonds. The number of pyridine rings is 1. The maximum Gasteiger partial charge on any atom is 0.403 e. The van der Waals surface area contributed by atoms with Crippen LogP contribution in [0.15, 0.2) is 42.7 Å². The number of rotatable bonds is 9. The van der Waals surface area contributed by atoms with Gasteiger partial charge in [0.25, 0.3) is 0 Å². The van der Waals surface area contributed by atoms with Crippen molar-refractivity contribution in [3.63, 3.8) is 0 Å². The van der Waals surface area contributed by atoms with E-state index in [-0.39, 0.29) is 19.1 Å². The minimum absolute atomic E-state index is 0.177. The number of nitrogens with zero attached hydrogens (tertiary/aromatic N) is 6. The van der Waals surface area contributed by atoms with Crippen LogP contribution in [0.4, 0.5) is 19.1 Å². The number of methoxy groups -OCH3 is 1. The number of carbonyl (C=O) groups excluding carboxylic acids is 1. The van der Waals surface area contributed by atoms with Gasteiger partial charge in [0.1, 0.15) is 6.04 Å². The van der Waals surface area contributed by atoms with Crippen molar-refractivity contribution in [1.82, 2.24) is 24.8 Å². The van der Waals surface area contributed by atoms with Crippen LogP contribution in [-0.2, 0) is 16.1 Å². The molecule has 1 atom stereocenters. The van der Waals surface area contributed by atoms with E-state index < -0.39 is 12.2 Å². The lowest BCUT2D eigenvalue weighted by Crippen LogP contribution is -2.54. The van der Waals surface area contributed by atoms with Crippen LogP contribution in [0.3, 0.4) is 0 Å². The van der Waals surface area contributed by atoms with Crippen molar-refractivity contribution in [3.05, 3.63) is 58.3 Å². The average Bonchev–Trinajstić information content (AvgIpc) is 3.01. The van der Waals surface area contributed by atoms with Gasteiger partial charge in [0.2, 0.25) is 11.8 Å². The molecule has 2 saturated heterocycles. The first-order valence-corrected chi connectivity index (χ1v) is 15.5. The molecule has 0 N–H and O–H groups in total. The molecule has 5 rings (SSSR count). The Labute approximate surface area is 270 Å². The maximum atomic E-state index is 13.1. The first-order chi connectivity index (χ1) is 21.5. The average molecular weight is 668 g/mol. The van der Waals surface area contributed by atoms with Crippen molar-refractivity contribution in [2.24, 2.45) is 5.92 Å². The van der Waals surface area contributed by atoms with Crippen molar-refractivity contribution in [2.75, 3.05) is 51.3 Å². The standard InChI is InChI=1S/C31H35Cl2F3N6O3/c1-20(31(34,35)36)41-7-9-42(10-8-41)30-37-17-26(18-38-30)45-28-12-22(11-27(39-28)23-14-24(32)16-25(33)15-23)19-40-5-3-21(4-6-40)13-29(43)44-2/h11-12,14-18,20-21H,3-10,13,19H2,1-2H3. The molecule has 4 heterocycles.